The van der Waals surface area contributed by atoms with E-state index >= 15 is 0 Å². The topological polar surface area (TPSA) is 96.5 Å². The number of hydrogen-bond acceptors (Lipinski definition) is 5. The van der Waals surface area contributed by atoms with Crippen molar-refractivity contribution in [3.8, 4) is 5.75 Å². The molecule has 0 fully saturated rings. The van der Waals surface area contributed by atoms with Crippen molar-refractivity contribution in [1.82, 2.24) is 16.0 Å². The Morgan fingerprint density at radius 2 is 1.79 bits per heavy atom. The average Bonchev–Trinajstić information content (AvgIpc) is 2.68. The van der Waals surface area contributed by atoms with Crippen LogP contribution < -0.4 is 20.7 Å². The molecule has 0 aliphatic heterocycles. The summed E-state index contributed by atoms with van der Waals surface area (Å²) in [6, 6.07) is 7.64. The maximum Gasteiger partial charge on any atom is 0.239 e. The van der Waals surface area contributed by atoms with E-state index in [-0.39, 0.29) is 36.3 Å². The van der Waals surface area contributed by atoms with E-state index in [1.165, 1.54) is 0 Å². The van der Waals surface area contributed by atoms with Crippen LogP contribution in [0.25, 0.3) is 0 Å². The first-order chi connectivity index (χ1) is 13.3. The van der Waals surface area contributed by atoms with Gasteiger partial charge in [0, 0.05) is 19.5 Å². The molecule has 0 saturated heterocycles. The van der Waals surface area contributed by atoms with Crippen LogP contribution in [0.4, 0.5) is 0 Å². The minimum absolute atomic E-state index is 0.00950. The summed E-state index contributed by atoms with van der Waals surface area (Å²) in [4.78, 5) is 34.1. The Kier molecular flexibility index (Phi) is 10.9. The summed E-state index contributed by atoms with van der Waals surface area (Å²) in [5.74, 6) is 0.589. The number of rotatable bonds is 13. The monoisotopic (exact) mass is 391 g/mol. The van der Waals surface area contributed by atoms with E-state index in [0.29, 0.717) is 19.5 Å². The van der Waals surface area contributed by atoms with Crippen molar-refractivity contribution in [3.05, 3.63) is 29.8 Å². The van der Waals surface area contributed by atoms with Crippen molar-refractivity contribution >= 4 is 17.6 Å². The molecular formula is C21H33N3O4. The summed E-state index contributed by atoms with van der Waals surface area (Å²) < 4.78 is 6.02. The van der Waals surface area contributed by atoms with Crippen molar-refractivity contribution in [2.45, 2.75) is 59.1 Å². The molecule has 2 unspecified atom stereocenters. The first-order valence-corrected chi connectivity index (χ1v) is 9.85. The van der Waals surface area contributed by atoms with Crippen LogP contribution in [0.15, 0.2) is 24.3 Å². The van der Waals surface area contributed by atoms with Crippen LogP contribution in [0, 0.1) is 0 Å². The lowest BCUT2D eigenvalue weighted by Crippen LogP contribution is -2.38. The summed E-state index contributed by atoms with van der Waals surface area (Å²) in [6.45, 7) is 8.22. The van der Waals surface area contributed by atoms with Gasteiger partial charge in [-0.2, -0.15) is 0 Å². The number of amides is 2. The second-order valence-electron chi connectivity index (χ2n) is 6.86. The largest absolute Gasteiger partial charge is 0.489 e. The molecule has 7 nitrogen and oxygen atoms in total. The van der Waals surface area contributed by atoms with E-state index in [0.717, 1.165) is 24.2 Å². The lowest BCUT2D eigenvalue weighted by Gasteiger charge is -2.19. The predicted octanol–water partition coefficient (Wildman–Crippen LogP) is 1.60. The highest BCUT2D eigenvalue weighted by molar-refractivity contribution is 5.84. The van der Waals surface area contributed by atoms with Crippen LogP contribution in [-0.4, -0.2) is 49.4 Å². The van der Waals surface area contributed by atoms with Crippen LogP contribution >= 0.6 is 0 Å². The van der Waals surface area contributed by atoms with Gasteiger partial charge in [0.2, 0.25) is 11.8 Å². The fourth-order valence-corrected chi connectivity index (χ4v) is 2.44. The number of hydrogen-bond donors (Lipinski definition) is 3. The van der Waals surface area contributed by atoms with Crippen molar-refractivity contribution in [2.24, 2.45) is 0 Å². The van der Waals surface area contributed by atoms with Gasteiger partial charge in [0.05, 0.1) is 12.6 Å². The number of aryl methyl sites for hydroxylation is 1. The SMILES string of the molecule is CCC(=O)NCC(=O)NCCCc1ccccc1OC(C)CNC(C)C(C)=O. The fourth-order valence-electron chi connectivity index (χ4n) is 2.44. The van der Waals surface area contributed by atoms with Crippen LogP contribution in [0.1, 0.15) is 46.1 Å². The Morgan fingerprint density at radius 1 is 1.07 bits per heavy atom. The Morgan fingerprint density at radius 3 is 2.46 bits per heavy atom. The zero-order chi connectivity index (χ0) is 20.9. The summed E-state index contributed by atoms with van der Waals surface area (Å²) in [7, 11) is 0. The van der Waals surface area contributed by atoms with Crippen LogP contribution in [0.5, 0.6) is 5.75 Å². The Hall–Kier alpha value is -2.41. The number of benzene rings is 1. The highest BCUT2D eigenvalue weighted by Crippen LogP contribution is 2.20. The predicted molar refractivity (Wildman–Crippen MR) is 109 cm³/mol. The smallest absolute Gasteiger partial charge is 0.239 e. The molecule has 1 aromatic carbocycles. The molecule has 0 bridgehead atoms. The number of carbonyl (C=O) groups is 3. The third-order valence-corrected chi connectivity index (χ3v) is 4.33. The van der Waals surface area contributed by atoms with Gasteiger partial charge >= 0.3 is 0 Å². The molecule has 0 spiro atoms. The first-order valence-electron chi connectivity index (χ1n) is 9.85. The van der Waals surface area contributed by atoms with Gasteiger partial charge < -0.3 is 20.7 Å². The van der Waals surface area contributed by atoms with Gasteiger partial charge in [-0.3, -0.25) is 14.4 Å². The van der Waals surface area contributed by atoms with Gasteiger partial charge in [0.15, 0.2) is 0 Å². The molecule has 2 amide bonds. The van der Waals surface area contributed by atoms with E-state index < -0.39 is 0 Å². The molecular weight excluding hydrogens is 358 g/mol. The van der Waals surface area contributed by atoms with Crippen molar-refractivity contribution < 1.29 is 19.1 Å². The van der Waals surface area contributed by atoms with E-state index in [1.807, 2.05) is 38.1 Å². The molecule has 7 heteroatoms. The van der Waals surface area contributed by atoms with E-state index in [2.05, 4.69) is 16.0 Å². The molecule has 3 N–H and O–H groups in total. The number of carbonyl (C=O) groups excluding carboxylic acids is 3. The quantitative estimate of drug-likeness (QED) is 0.444. The molecule has 2 atom stereocenters. The van der Waals surface area contributed by atoms with Crippen LogP contribution in [0.3, 0.4) is 0 Å². The van der Waals surface area contributed by atoms with E-state index in [4.69, 9.17) is 4.74 Å². The summed E-state index contributed by atoms with van der Waals surface area (Å²) in [5.41, 5.74) is 1.07. The third kappa shape index (κ3) is 9.50. The molecule has 1 aromatic rings. The number of Topliss-reactive ketones (excluding diaryl/α,β-unsaturated/α-hetero) is 1. The second-order valence-corrected chi connectivity index (χ2v) is 6.86. The van der Waals surface area contributed by atoms with E-state index in [9.17, 15) is 14.4 Å². The Balaban J connectivity index is 2.39. The minimum Gasteiger partial charge on any atom is -0.489 e. The minimum atomic E-state index is -0.189. The van der Waals surface area contributed by atoms with Crippen LogP contribution in [-0.2, 0) is 20.8 Å². The fraction of sp³-hybridized carbons (Fsp3) is 0.571. The average molecular weight is 392 g/mol. The van der Waals surface area contributed by atoms with Gasteiger partial charge in [-0.05, 0) is 45.2 Å². The molecule has 0 aromatic heterocycles. The number of ketones is 1. The maximum absolute atomic E-state index is 11.7. The molecule has 28 heavy (non-hydrogen) atoms. The molecule has 0 aliphatic carbocycles. The summed E-state index contributed by atoms with van der Waals surface area (Å²) >= 11 is 0. The Labute approximate surface area is 167 Å². The number of ether oxygens (including phenoxy) is 1. The zero-order valence-corrected chi connectivity index (χ0v) is 17.3. The van der Waals surface area contributed by atoms with Crippen molar-refractivity contribution in [2.75, 3.05) is 19.6 Å². The number of para-hydroxylation sites is 1. The summed E-state index contributed by atoms with van der Waals surface area (Å²) in [5, 5.41) is 8.51. The highest BCUT2D eigenvalue weighted by Gasteiger charge is 2.12. The lowest BCUT2D eigenvalue weighted by atomic mass is 10.1. The third-order valence-electron chi connectivity index (χ3n) is 4.33. The highest BCUT2D eigenvalue weighted by atomic mass is 16.5. The molecule has 1 rings (SSSR count). The molecule has 0 radical (unpaired) electrons. The van der Waals surface area contributed by atoms with Gasteiger partial charge in [0.1, 0.15) is 17.6 Å². The standard InChI is InChI=1S/C21H33N3O4/c1-5-20(26)24-14-21(27)22-12-8-10-18-9-6-7-11-19(18)28-15(2)13-23-16(3)17(4)25/h6-7,9,11,15-16,23H,5,8,10,12-14H2,1-4H3,(H,22,27)(H,24,26). The first kappa shape index (κ1) is 23.6. The van der Waals surface area contributed by atoms with E-state index in [1.54, 1.807) is 13.8 Å². The van der Waals surface area contributed by atoms with Gasteiger partial charge in [-0.25, -0.2) is 0 Å². The lowest BCUT2D eigenvalue weighted by molar-refractivity contribution is -0.125. The maximum atomic E-state index is 11.7. The normalized spacial score (nSPS) is 12.7. The molecule has 0 heterocycles. The Bertz CT molecular complexity index is 648. The van der Waals surface area contributed by atoms with Gasteiger partial charge in [0.25, 0.3) is 0 Å². The summed E-state index contributed by atoms with van der Waals surface area (Å²) in [6.07, 6.45) is 1.82. The molecule has 0 aliphatic rings. The molecule has 156 valence electrons. The van der Waals surface area contributed by atoms with Crippen molar-refractivity contribution in [1.29, 1.82) is 0 Å². The molecule has 0 saturated carbocycles. The van der Waals surface area contributed by atoms with Gasteiger partial charge in [-0.1, -0.05) is 25.1 Å². The second kappa shape index (κ2) is 12.9. The van der Waals surface area contributed by atoms with Gasteiger partial charge in [-0.15, -0.1) is 0 Å². The number of nitrogens with one attached hydrogen (secondary N) is 3. The van der Waals surface area contributed by atoms with Crippen molar-refractivity contribution in [3.63, 3.8) is 0 Å². The zero-order valence-electron chi connectivity index (χ0n) is 17.3. The van der Waals surface area contributed by atoms with Crippen LogP contribution in [0.2, 0.25) is 0 Å².